The van der Waals surface area contributed by atoms with E-state index in [9.17, 15) is 4.79 Å². The highest BCUT2D eigenvalue weighted by molar-refractivity contribution is 5.89. The predicted molar refractivity (Wildman–Crippen MR) is 83.5 cm³/mol. The number of nitrogens with one attached hydrogen (secondary N) is 2. The van der Waals surface area contributed by atoms with Crippen molar-refractivity contribution >= 4 is 11.7 Å². The standard InChI is InChI=1S/C16H21N3O3/c1-12(2)10-21-11-14(15-4-3-9-22-15)19-16(20)18-13-5-7-17-8-6-13/h3-9,12,14H,10-11H2,1-2H3,(H2,17,18,19,20)/t14-/m1/s1. The zero-order valence-corrected chi connectivity index (χ0v) is 12.8. The van der Waals surface area contributed by atoms with Crippen molar-refractivity contribution in [2.75, 3.05) is 18.5 Å². The quantitative estimate of drug-likeness (QED) is 0.823. The van der Waals surface area contributed by atoms with Crippen LogP contribution < -0.4 is 10.6 Å². The lowest BCUT2D eigenvalue weighted by molar-refractivity contribution is 0.0874. The summed E-state index contributed by atoms with van der Waals surface area (Å²) in [4.78, 5) is 16.0. The summed E-state index contributed by atoms with van der Waals surface area (Å²) in [5.74, 6) is 1.09. The number of nitrogens with zero attached hydrogens (tertiary/aromatic N) is 1. The molecule has 2 aromatic heterocycles. The summed E-state index contributed by atoms with van der Waals surface area (Å²) in [6, 6.07) is 6.38. The van der Waals surface area contributed by atoms with Crippen molar-refractivity contribution in [1.29, 1.82) is 0 Å². The van der Waals surface area contributed by atoms with Crippen LogP contribution in [-0.2, 0) is 4.74 Å². The van der Waals surface area contributed by atoms with Gasteiger partial charge >= 0.3 is 6.03 Å². The number of furan rings is 1. The van der Waals surface area contributed by atoms with Crippen LogP contribution >= 0.6 is 0 Å². The molecule has 2 amide bonds. The molecule has 2 rings (SSSR count). The SMILES string of the molecule is CC(C)COC[C@@H](NC(=O)Nc1ccncc1)c1ccco1. The number of hydrogen-bond acceptors (Lipinski definition) is 4. The Morgan fingerprint density at radius 2 is 2.05 bits per heavy atom. The lowest BCUT2D eigenvalue weighted by Gasteiger charge is -2.18. The highest BCUT2D eigenvalue weighted by atomic mass is 16.5. The Bertz CT molecular complexity index is 555. The number of hydrogen-bond donors (Lipinski definition) is 2. The van der Waals surface area contributed by atoms with Gasteiger partial charge in [-0.15, -0.1) is 0 Å². The highest BCUT2D eigenvalue weighted by Crippen LogP contribution is 2.15. The minimum atomic E-state index is -0.337. The molecule has 0 unspecified atom stereocenters. The molecule has 0 radical (unpaired) electrons. The fraction of sp³-hybridized carbons (Fsp3) is 0.375. The highest BCUT2D eigenvalue weighted by Gasteiger charge is 2.17. The smallest absolute Gasteiger partial charge is 0.319 e. The Balaban J connectivity index is 1.92. The number of ether oxygens (including phenoxy) is 1. The van der Waals surface area contributed by atoms with Gasteiger partial charge in [-0.2, -0.15) is 0 Å². The lowest BCUT2D eigenvalue weighted by Crippen LogP contribution is -2.35. The molecule has 0 fully saturated rings. The number of urea groups is 1. The minimum absolute atomic E-state index is 0.319. The van der Waals surface area contributed by atoms with Gasteiger partial charge in [-0.1, -0.05) is 13.8 Å². The Morgan fingerprint density at radius 3 is 2.68 bits per heavy atom. The first-order valence-corrected chi connectivity index (χ1v) is 7.24. The number of amides is 2. The zero-order chi connectivity index (χ0) is 15.8. The van der Waals surface area contributed by atoms with Crippen molar-refractivity contribution in [3.63, 3.8) is 0 Å². The Labute approximate surface area is 129 Å². The molecular formula is C16H21N3O3. The van der Waals surface area contributed by atoms with Crippen molar-refractivity contribution in [1.82, 2.24) is 10.3 Å². The van der Waals surface area contributed by atoms with Gasteiger partial charge in [0.1, 0.15) is 11.8 Å². The fourth-order valence-electron chi connectivity index (χ4n) is 1.87. The molecule has 118 valence electrons. The number of pyridine rings is 1. The molecule has 0 aliphatic rings. The van der Waals surface area contributed by atoms with Gasteiger partial charge in [0.2, 0.25) is 0 Å². The van der Waals surface area contributed by atoms with Gasteiger partial charge < -0.3 is 19.8 Å². The van der Waals surface area contributed by atoms with Crippen LogP contribution in [0.3, 0.4) is 0 Å². The molecular weight excluding hydrogens is 282 g/mol. The van der Waals surface area contributed by atoms with E-state index in [-0.39, 0.29) is 12.1 Å². The predicted octanol–water partition coefficient (Wildman–Crippen LogP) is 3.21. The molecule has 22 heavy (non-hydrogen) atoms. The summed E-state index contributed by atoms with van der Waals surface area (Å²) >= 11 is 0. The molecule has 1 atom stereocenters. The normalized spacial score (nSPS) is 12.1. The van der Waals surface area contributed by atoms with Crippen LogP contribution in [0.4, 0.5) is 10.5 Å². The van der Waals surface area contributed by atoms with E-state index in [1.54, 1.807) is 36.9 Å². The maximum absolute atomic E-state index is 12.1. The fourth-order valence-corrected chi connectivity index (χ4v) is 1.87. The number of aromatic nitrogens is 1. The van der Waals surface area contributed by atoms with Crippen LogP contribution in [0.15, 0.2) is 47.3 Å². The molecule has 6 heteroatoms. The molecule has 0 aliphatic heterocycles. The van der Waals surface area contributed by atoms with Crippen molar-refractivity contribution in [2.45, 2.75) is 19.9 Å². The summed E-state index contributed by atoms with van der Waals surface area (Å²) < 4.78 is 11.0. The summed E-state index contributed by atoms with van der Waals surface area (Å²) in [6.07, 6.45) is 4.81. The van der Waals surface area contributed by atoms with Crippen LogP contribution in [0.5, 0.6) is 0 Å². The topological polar surface area (TPSA) is 76.4 Å². The number of rotatable bonds is 7. The first-order valence-electron chi connectivity index (χ1n) is 7.24. The van der Waals surface area contributed by atoms with E-state index in [1.165, 1.54) is 0 Å². The molecule has 0 spiro atoms. The molecule has 2 heterocycles. The average Bonchev–Trinajstić information content (AvgIpc) is 3.01. The molecule has 0 saturated heterocycles. The third kappa shape index (κ3) is 5.21. The van der Waals surface area contributed by atoms with E-state index >= 15 is 0 Å². The number of anilines is 1. The van der Waals surface area contributed by atoms with Crippen LogP contribution in [0, 0.1) is 5.92 Å². The second kappa shape index (κ2) is 8.19. The second-order valence-electron chi connectivity index (χ2n) is 5.33. The van der Waals surface area contributed by atoms with Crippen LogP contribution in [-0.4, -0.2) is 24.2 Å². The summed E-state index contributed by atoms with van der Waals surface area (Å²) in [7, 11) is 0. The zero-order valence-electron chi connectivity index (χ0n) is 12.8. The summed E-state index contributed by atoms with van der Waals surface area (Å²) in [5, 5.41) is 5.60. The molecule has 0 saturated carbocycles. The van der Waals surface area contributed by atoms with E-state index in [1.807, 2.05) is 6.07 Å². The van der Waals surface area contributed by atoms with Crippen LogP contribution in [0.2, 0.25) is 0 Å². The van der Waals surface area contributed by atoms with Gasteiger partial charge in [0.15, 0.2) is 0 Å². The largest absolute Gasteiger partial charge is 0.467 e. The van der Waals surface area contributed by atoms with Crippen molar-refractivity contribution < 1.29 is 13.9 Å². The van der Waals surface area contributed by atoms with Crippen molar-refractivity contribution in [3.8, 4) is 0 Å². The second-order valence-corrected chi connectivity index (χ2v) is 5.33. The van der Waals surface area contributed by atoms with E-state index in [0.717, 1.165) is 0 Å². The number of carbonyl (C=O) groups is 1. The van der Waals surface area contributed by atoms with Crippen LogP contribution in [0.25, 0.3) is 0 Å². The monoisotopic (exact) mass is 303 g/mol. The van der Waals surface area contributed by atoms with Crippen molar-refractivity contribution in [3.05, 3.63) is 48.7 Å². The molecule has 0 aromatic carbocycles. The first kappa shape index (κ1) is 16.0. The first-order chi connectivity index (χ1) is 10.6. The van der Waals surface area contributed by atoms with Crippen molar-refractivity contribution in [2.24, 2.45) is 5.92 Å². The van der Waals surface area contributed by atoms with Gasteiger partial charge in [-0.25, -0.2) is 4.79 Å². The van der Waals surface area contributed by atoms with Gasteiger partial charge in [-0.3, -0.25) is 4.98 Å². The van der Waals surface area contributed by atoms with Gasteiger partial charge in [-0.05, 0) is 30.2 Å². The molecule has 6 nitrogen and oxygen atoms in total. The van der Waals surface area contributed by atoms with Gasteiger partial charge in [0.05, 0.1) is 12.9 Å². The summed E-state index contributed by atoms with van der Waals surface area (Å²) in [5.41, 5.74) is 0.675. The number of carbonyl (C=O) groups excluding carboxylic acids is 1. The summed E-state index contributed by atoms with van der Waals surface area (Å²) in [6.45, 7) is 5.14. The average molecular weight is 303 g/mol. The molecule has 2 aromatic rings. The van der Waals surface area contributed by atoms with E-state index in [0.29, 0.717) is 30.6 Å². The third-order valence-corrected chi connectivity index (χ3v) is 2.87. The third-order valence-electron chi connectivity index (χ3n) is 2.87. The van der Waals surface area contributed by atoms with E-state index in [2.05, 4.69) is 29.5 Å². The van der Waals surface area contributed by atoms with Gasteiger partial charge in [0, 0.05) is 24.7 Å². The van der Waals surface area contributed by atoms with E-state index < -0.39 is 0 Å². The molecule has 2 N–H and O–H groups in total. The van der Waals surface area contributed by atoms with Crippen LogP contribution in [0.1, 0.15) is 25.6 Å². The molecule has 0 aliphatic carbocycles. The Morgan fingerprint density at radius 1 is 1.27 bits per heavy atom. The van der Waals surface area contributed by atoms with Gasteiger partial charge in [0.25, 0.3) is 0 Å². The maximum atomic E-state index is 12.1. The minimum Gasteiger partial charge on any atom is -0.467 e. The Kier molecular flexibility index (Phi) is 5.97. The Hall–Kier alpha value is -2.34. The van der Waals surface area contributed by atoms with E-state index in [4.69, 9.17) is 9.15 Å². The maximum Gasteiger partial charge on any atom is 0.319 e. The lowest BCUT2D eigenvalue weighted by atomic mass is 10.2. The molecule has 0 bridgehead atoms.